The Balaban J connectivity index is 0.00000484. The van der Waals surface area contributed by atoms with E-state index in [1.165, 1.54) is 5.56 Å². The predicted octanol–water partition coefficient (Wildman–Crippen LogP) is 2.32. The third kappa shape index (κ3) is 10.1. The molecule has 23 heavy (non-hydrogen) atoms. The van der Waals surface area contributed by atoms with Crippen LogP contribution in [0.25, 0.3) is 0 Å². The maximum Gasteiger partial charge on any atom is 0.221 e. The first-order valence-electron chi connectivity index (χ1n) is 7.93. The molecule has 1 amide bonds. The summed E-state index contributed by atoms with van der Waals surface area (Å²) in [7, 11) is 1.73. The summed E-state index contributed by atoms with van der Waals surface area (Å²) in [4.78, 5) is 15.8. The van der Waals surface area contributed by atoms with Gasteiger partial charge >= 0.3 is 0 Å². The average Bonchev–Trinajstić information content (AvgIpc) is 2.54. The molecule has 0 bridgehead atoms. The van der Waals surface area contributed by atoms with E-state index in [4.69, 9.17) is 0 Å². The first-order chi connectivity index (χ1) is 10.7. The highest BCUT2D eigenvalue weighted by atomic mass is 127. The summed E-state index contributed by atoms with van der Waals surface area (Å²) in [6, 6.07) is 10.5. The Morgan fingerprint density at radius 1 is 1.17 bits per heavy atom. The number of aliphatic imine (C=N–C) groups is 1. The van der Waals surface area contributed by atoms with Gasteiger partial charge in [-0.3, -0.25) is 9.79 Å². The van der Waals surface area contributed by atoms with Crippen LogP contribution in [0.3, 0.4) is 0 Å². The van der Waals surface area contributed by atoms with Crippen LogP contribution in [0.5, 0.6) is 0 Å². The number of hydrogen-bond acceptors (Lipinski definition) is 2. The minimum atomic E-state index is 0. The molecule has 1 rings (SSSR count). The van der Waals surface area contributed by atoms with Crippen molar-refractivity contribution >= 4 is 35.8 Å². The first kappa shape index (κ1) is 21.7. The Morgan fingerprint density at radius 3 is 2.43 bits per heavy atom. The van der Waals surface area contributed by atoms with Crippen LogP contribution in [0.4, 0.5) is 0 Å². The molecule has 0 saturated heterocycles. The van der Waals surface area contributed by atoms with E-state index in [9.17, 15) is 4.79 Å². The van der Waals surface area contributed by atoms with Crippen LogP contribution in [0, 0.1) is 0 Å². The third-order valence-electron chi connectivity index (χ3n) is 3.44. The van der Waals surface area contributed by atoms with E-state index in [1.807, 2.05) is 25.1 Å². The minimum absolute atomic E-state index is 0. The monoisotopic (exact) mass is 432 g/mol. The number of nitrogens with one attached hydrogen (secondary N) is 3. The summed E-state index contributed by atoms with van der Waals surface area (Å²) < 4.78 is 0. The fourth-order valence-electron chi connectivity index (χ4n) is 1.93. The molecule has 1 unspecified atom stereocenters. The van der Waals surface area contributed by atoms with Gasteiger partial charge in [-0.05, 0) is 25.3 Å². The number of carbonyl (C=O) groups excluding carboxylic acids is 1. The van der Waals surface area contributed by atoms with E-state index >= 15 is 0 Å². The quantitative estimate of drug-likeness (QED) is 0.336. The highest BCUT2D eigenvalue weighted by Crippen LogP contribution is 1.98. The lowest BCUT2D eigenvalue weighted by molar-refractivity contribution is -0.121. The van der Waals surface area contributed by atoms with Gasteiger partial charge in [-0.25, -0.2) is 0 Å². The van der Waals surface area contributed by atoms with Crippen LogP contribution >= 0.6 is 24.0 Å². The van der Waals surface area contributed by atoms with Gasteiger partial charge in [0.2, 0.25) is 5.91 Å². The van der Waals surface area contributed by atoms with E-state index in [2.05, 4.69) is 40.0 Å². The summed E-state index contributed by atoms with van der Waals surface area (Å²) in [6.45, 7) is 5.45. The first-order valence-corrected chi connectivity index (χ1v) is 7.93. The third-order valence-corrected chi connectivity index (χ3v) is 3.44. The molecule has 0 heterocycles. The SMILES string of the molecule is CCC(C)NC(=O)CCNC(=NC)NCCc1ccccc1.I. The lowest BCUT2D eigenvalue weighted by Crippen LogP contribution is -2.41. The normalized spacial score (nSPS) is 12.0. The summed E-state index contributed by atoms with van der Waals surface area (Å²) >= 11 is 0. The Hall–Kier alpha value is -1.31. The Kier molecular flexibility index (Phi) is 12.4. The van der Waals surface area contributed by atoms with Crippen molar-refractivity contribution in [2.45, 2.75) is 39.2 Å². The molecule has 0 aromatic heterocycles. The molecule has 3 N–H and O–H groups in total. The molecule has 1 atom stereocenters. The van der Waals surface area contributed by atoms with Crippen molar-refractivity contribution in [2.24, 2.45) is 4.99 Å². The number of hydrogen-bond donors (Lipinski definition) is 3. The molecule has 0 saturated carbocycles. The molecule has 130 valence electrons. The van der Waals surface area contributed by atoms with Crippen molar-refractivity contribution in [3.05, 3.63) is 35.9 Å². The van der Waals surface area contributed by atoms with Crippen molar-refractivity contribution in [1.82, 2.24) is 16.0 Å². The zero-order valence-electron chi connectivity index (χ0n) is 14.3. The van der Waals surface area contributed by atoms with Crippen LogP contribution in [-0.4, -0.2) is 38.0 Å². The van der Waals surface area contributed by atoms with Crippen molar-refractivity contribution in [3.8, 4) is 0 Å². The maximum absolute atomic E-state index is 11.7. The fraction of sp³-hybridized carbons (Fsp3) is 0.529. The number of amides is 1. The molecule has 5 nitrogen and oxygen atoms in total. The van der Waals surface area contributed by atoms with Crippen LogP contribution in [0.2, 0.25) is 0 Å². The van der Waals surface area contributed by atoms with Gasteiger partial charge in [-0.1, -0.05) is 37.3 Å². The van der Waals surface area contributed by atoms with E-state index in [-0.39, 0.29) is 35.9 Å². The second-order valence-electron chi connectivity index (χ2n) is 5.29. The topological polar surface area (TPSA) is 65.5 Å². The Bertz CT molecular complexity index is 465. The average molecular weight is 432 g/mol. The van der Waals surface area contributed by atoms with Crippen molar-refractivity contribution in [2.75, 3.05) is 20.1 Å². The molecule has 0 radical (unpaired) electrons. The minimum Gasteiger partial charge on any atom is -0.356 e. The van der Waals surface area contributed by atoms with Crippen LogP contribution in [0.15, 0.2) is 35.3 Å². The van der Waals surface area contributed by atoms with Gasteiger partial charge in [0.25, 0.3) is 0 Å². The largest absolute Gasteiger partial charge is 0.356 e. The molecule has 1 aromatic rings. The van der Waals surface area contributed by atoms with E-state index in [1.54, 1.807) is 7.05 Å². The van der Waals surface area contributed by atoms with E-state index in [0.717, 1.165) is 25.3 Å². The van der Waals surface area contributed by atoms with Gasteiger partial charge in [-0.2, -0.15) is 0 Å². The number of carbonyl (C=O) groups is 1. The van der Waals surface area contributed by atoms with Gasteiger partial charge < -0.3 is 16.0 Å². The highest BCUT2D eigenvalue weighted by molar-refractivity contribution is 14.0. The molecule has 0 spiro atoms. The number of nitrogens with zero attached hydrogens (tertiary/aromatic N) is 1. The number of halogens is 1. The maximum atomic E-state index is 11.7. The predicted molar refractivity (Wildman–Crippen MR) is 107 cm³/mol. The number of benzene rings is 1. The molecule has 0 aliphatic heterocycles. The second-order valence-corrected chi connectivity index (χ2v) is 5.29. The molecule has 6 heteroatoms. The van der Waals surface area contributed by atoms with Crippen molar-refractivity contribution in [3.63, 3.8) is 0 Å². The summed E-state index contributed by atoms with van der Waals surface area (Å²) in [5.74, 6) is 0.800. The number of guanidine groups is 1. The van der Waals surface area contributed by atoms with Crippen molar-refractivity contribution in [1.29, 1.82) is 0 Å². The number of rotatable bonds is 8. The molecule has 0 aliphatic carbocycles. The molecule has 0 fully saturated rings. The standard InChI is InChI=1S/C17H28N4O.HI/c1-4-14(2)21-16(22)11-13-20-17(18-3)19-12-10-15-8-6-5-7-9-15;/h5-9,14H,4,10-13H2,1-3H3,(H,21,22)(H2,18,19,20);1H. The van der Waals surface area contributed by atoms with Gasteiger partial charge in [-0.15, -0.1) is 24.0 Å². The summed E-state index contributed by atoms with van der Waals surface area (Å²) in [5, 5.41) is 9.35. The van der Waals surface area contributed by atoms with Gasteiger partial charge in [0.15, 0.2) is 5.96 Å². The Morgan fingerprint density at radius 2 is 1.83 bits per heavy atom. The van der Waals surface area contributed by atoms with Gasteiger partial charge in [0, 0.05) is 32.6 Å². The van der Waals surface area contributed by atoms with E-state index in [0.29, 0.717) is 13.0 Å². The fourth-order valence-corrected chi connectivity index (χ4v) is 1.93. The molecular formula is C17H29IN4O. The Labute approximate surface area is 156 Å². The van der Waals surface area contributed by atoms with Gasteiger partial charge in [0.05, 0.1) is 0 Å². The smallest absolute Gasteiger partial charge is 0.221 e. The zero-order valence-corrected chi connectivity index (χ0v) is 16.6. The highest BCUT2D eigenvalue weighted by Gasteiger charge is 2.05. The van der Waals surface area contributed by atoms with Crippen molar-refractivity contribution < 1.29 is 4.79 Å². The summed E-state index contributed by atoms with van der Waals surface area (Å²) in [5.41, 5.74) is 1.29. The van der Waals surface area contributed by atoms with Crippen LogP contribution < -0.4 is 16.0 Å². The molecule has 1 aromatic carbocycles. The second kappa shape index (κ2) is 13.2. The van der Waals surface area contributed by atoms with Crippen LogP contribution in [0.1, 0.15) is 32.3 Å². The molecule has 0 aliphatic rings. The van der Waals surface area contributed by atoms with Crippen LogP contribution in [-0.2, 0) is 11.2 Å². The van der Waals surface area contributed by atoms with E-state index < -0.39 is 0 Å². The zero-order chi connectivity index (χ0) is 16.2. The molecular weight excluding hydrogens is 403 g/mol. The summed E-state index contributed by atoms with van der Waals surface area (Å²) in [6.07, 6.45) is 2.33. The van der Waals surface area contributed by atoms with Gasteiger partial charge in [0.1, 0.15) is 0 Å². The lowest BCUT2D eigenvalue weighted by atomic mass is 10.1. The lowest BCUT2D eigenvalue weighted by Gasteiger charge is -2.13.